The van der Waals surface area contributed by atoms with E-state index in [-0.39, 0.29) is 0 Å². The molecule has 2 rings (SSSR count). The molecule has 0 amide bonds. The first-order chi connectivity index (χ1) is 5.40. The zero-order valence-corrected chi connectivity index (χ0v) is 7.92. The zero-order valence-electron chi connectivity index (χ0n) is 6.21. The van der Waals surface area contributed by atoms with Crippen LogP contribution in [0.3, 0.4) is 0 Å². The number of hydrogen-bond donors (Lipinski definition) is 1. The van der Waals surface area contributed by atoms with Crippen molar-refractivity contribution in [1.29, 1.82) is 0 Å². The predicted octanol–water partition coefficient (Wildman–Crippen LogP) is 1.61. The predicted molar refractivity (Wildman–Crippen MR) is 48.1 cm³/mol. The Morgan fingerprint density at radius 1 is 1.45 bits per heavy atom. The van der Waals surface area contributed by atoms with Crippen LogP contribution in [0.25, 0.3) is 0 Å². The third kappa shape index (κ3) is 1.29. The van der Waals surface area contributed by atoms with Gasteiger partial charge in [-0.2, -0.15) is 0 Å². The van der Waals surface area contributed by atoms with Gasteiger partial charge in [0.1, 0.15) is 0 Å². The number of hydrogen-bond acceptors (Lipinski definition) is 1. The molecule has 1 radical (unpaired) electrons. The number of fused-ring (bicyclic) bond motifs is 1. The standard InChI is InChI=1S/C9H10NSe/c11-6-8-5-7-3-1-2-4-9(7)10-8/h1-4,8,10H,5-6H2. The summed E-state index contributed by atoms with van der Waals surface area (Å²) in [6.45, 7) is 0. The summed E-state index contributed by atoms with van der Waals surface area (Å²) < 4.78 is 0. The summed E-state index contributed by atoms with van der Waals surface area (Å²) in [6.07, 6.45) is 1.17. The molecule has 1 aromatic carbocycles. The van der Waals surface area contributed by atoms with E-state index in [1.807, 2.05) is 0 Å². The molecule has 0 aromatic heterocycles. The molecule has 0 spiro atoms. The van der Waals surface area contributed by atoms with Gasteiger partial charge in [-0.25, -0.2) is 0 Å². The minimum absolute atomic E-state index is 0.618. The summed E-state index contributed by atoms with van der Waals surface area (Å²) in [5.74, 6) is 0. The van der Waals surface area contributed by atoms with Gasteiger partial charge in [-0.1, -0.05) is 0 Å². The van der Waals surface area contributed by atoms with Crippen molar-refractivity contribution in [1.82, 2.24) is 0 Å². The van der Waals surface area contributed by atoms with Crippen LogP contribution in [-0.2, 0) is 6.42 Å². The van der Waals surface area contributed by atoms with Crippen molar-refractivity contribution in [3.8, 4) is 0 Å². The van der Waals surface area contributed by atoms with Crippen LogP contribution in [0.2, 0.25) is 5.32 Å². The van der Waals surface area contributed by atoms with Gasteiger partial charge in [0.05, 0.1) is 0 Å². The van der Waals surface area contributed by atoms with Crippen molar-refractivity contribution in [2.45, 2.75) is 17.8 Å². The van der Waals surface area contributed by atoms with Crippen LogP contribution in [0.4, 0.5) is 5.69 Å². The summed E-state index contributed by atoms with van der Waals surface area (Å²) in [4.78, 5) is 0. The summed E-state index contributed by atoms with van der Waals surface area (Å²) in [5.41, 5.74) is 2.76. The molecule has 0 aliphatic carbocycles. The molecule has 11 heavy (non-hydrogen) atoms. The summed E-state index contributed by atoms with van der Waals surface area (Å²) >= 11 is 3.06. The first-order valence-electron chi connectivity index (χ1n) is 3.82. The molecule has 0 bridgehead atoms. The van der Waals surface area contributed by atoms with E-state index in [4.69, 9.17) is 0 Å². The SMILES string of the molecule is [Se]CC1Cc2ccccc2N1. The van der Waals surface area contributed by atoms with Gasteiger partial charge in [0.15, 0.2) is 0 Å². The van der Waals surface area contributed by atoms with Crippen molar-refractivity contribution >= 4 is 21.7 Å². The van der Waals surface area contributed by atoms with Crippen LogP contribution < -0.4 is 5.32 Å². The van der Waals surface area contributed by atoms with Gasteiger partial charge in [-0.15, -0.1) is 0 Å². The maximum atomic E-state index is 3.45. The molecule has 1 aliphatic heterocycles. The number of benzene rings is 1. The molecule has 2 heteroatoms. The molecule has 1 unspecified atom stereocenters. The molecule has 1 aromatic rings. The molecular weight excluding hydrogens is 201 g/mol. The fraction of sp³-hybridized carbons (Fsp3) is 0.333. The van der Waals surface area contributed by atoms with E-state index < -0.39 is 0 Å². The van der Waals surface area contributed by atoms with Gasteiger partial charge in [0, 0.05) is 0 Å². The Kier molecular flexibility index (Phi) is 1.89. The third-order valence-corrected chi connectivity index (χ3v) is 2.89. The van der Waals surface area contributed by atoms with Crippen LogP contribution in [0.5, 0.6) is 0 Å². The first-order valence-corrected chi connectivity index (χ1v) is 5.04. The Morgan fingerprint density at radius 3 is 3.00 bits per heavy atom. The Hall–Kier alpha value is -0.461. The van der Waals surface area contributed by atoms with Gasteiger partial charge < -0.3 is 0 Å². The summed E-state index contributed by atoms with van der Waals surface area (Å²) in [7, 11) is 0. The molecule has 0 saturated heterocycles. The Balaban J connectivity index is 2.27. The maximum absolute atomic E-state index is 3.45. The molecule has 0 saturated carbocycles. The summed E-state index contributed by atoms with van der Waals surface area (Å²) in [5, 5.41) is 4.54. The van der Waals surface area contributed by atoms with Gasteiger partial charge in [-0.05, 0) is 0 Å². The van der Waals surface area contributed by atoms with E-state index in [9.17, 15) is 0 Å². The Labute approximate surface area is 75.0 Å². The van der Waals surface area contributed by atoms with Crippen molar-refractivity contribution < 1.29 is 0 Å². The van der Waals surface area contributed by atoms with Crippen molar-refractivity contribution in [2.24, 2.45) is 0 Å². The van der Waals surface area contributed by atoms with Gasteiger partial charge in [0.25, 0.3) is 0 Å². The Morgan fingerprint density at radius 2 is 2.27 bits per heavy atom. The minimum atomic E-state index is 0.618. The number of anilines is 1. The van der Waals surface area contributed by atoms with E-state index in [2.05, 4.69) is 45.6 Å². The average molecular weight is 211 g/mol. The van der Waals surface area contributed by atoms with E-state index in [0.717, 1.165) is 5.32 Å². The van der Waals surface area contributed by atoms with Crippen LogP contribution >= 0.6 is 0 Å². The fourth-order valence-corrected chi connectivity index (χ4v) is 1.90. The third-order valence-electron chi connectivity index (χ3n) is 2.04. The molecule has 1 atom stereocenters. The first kappa shape index (κ1) is 7.20. The average Bonchev–Trinajstić information content (AvgIpc) is 2.46. The van der Waals surface area contributed by atoms with Crippen LogP contribution in [0.1, 0.15) is 5.56 Å². The molecule has 1 aliphatic rings. The second-order valence-electron chi connectivity index (χ2n) is 2.87. The molecule has 1 heterocycles. The molecule has 57 valence electrons. The topological polar surface area (TPSA) is 12.0 Å². The zero-order chi connectivity index (χ0) is 7.68. The monoisotopic (exact) mass is 212 g/mol. The molecule has 0 fully saturated rings. The van der Waals surface area contributed by atoms with E-state index >= 15 is 0 Å². The van der Waals surface area contributed by atoms with E-state index in [0.29, 0.717) is 6.04 Å². The molecule has 1 nitrogen and oxygen atoms in total. The normalized spacial score (nSPS) is 21.0. The number of para-hydroxylation sites is 1. The van der Waals surface area contributed by atoms with E-state index in [1.54, 1.807) is 0 Å². The summed E-state index contributed by atoms with van der Waals surface area (Å²) in [6, 6.07) is 9.13. The molecular formula is C9H10NSe. The fourth-order valence-electron chi connectivity index (χ4n) is 1.48. The van der Waals surface area contributed by atoms with Crippen molar-refractivity contribution in [3.63, 3.8) is 0 Å². The van der Waals surface area contributed by atoms with E-state index in [1.165, 1.54) is 17.7 Å². The quantitative estimate of drug-likeness (QED) is 0.696. The Bertz CT molecular complexity index is 234. The second kappa shape index (κ2) is 2.88. The van der Waals surface area contributed by atoms with Gasteiger partial charge in [0.2, 0.25) is 0 Å². The number of rotatable bonds is 1. The number of nitrogens with one attached hydrogen (secondary N) is 1. The van der Waals surface area contributed by atoms with Crippen LogP contribution in [0.15, 0.2) is 24.3 Å². The van der Waals surface area contributed by atoms with Gasteiger partial charge in [-0.3, -0.25) is 0 Å². The second-order valence-corrected chi connectivity index (χ2v) is 3.57. The van der Waals surface area contributed by atoms with Gasteiger partial charge >= 0.3 is 74.6 Å². The van der Waals surface area contributed by atoms with Crippen molar-refractivity contribution in [2.75, 3.05) is 5.32 Å². The van der Waals surface area contributed by atoms with Crippen molar-refractivity contribution in [3.05, 3.63) is 29.8 Å². The van der Waals surface area contributed by atoms with Crippen LogP contribution in [-0.4, -0.2) is 22.1 Å². The molecule has 1 N–H and O–H groups in total. The van der Waals surface area contributed by atoms with Crippen LogP contribution in [0, 0.1) is 0 Å².